The quantitative estimate of drug-likeness (QED) is 0.652. The van der Waals surface area contributed by atoms with Crippen molar-refractivity contribution in [1.82, 2.24) is 15.0 Å². The van der Waals surface area contributed by atoms with E-state index in [9.17, 15) is 9.18 Å². The number of aromatic nitrogens is 3. The first-order valence-corrected chi connectivity index (χ1v) is 4.07. The Hall–Kier alpha value is -1.50. The van der Waals surface area contributed by atoms with Crippen molar-refractivity contribution in [2.75, 3.05) is 6.67 Å². The summed E-state index contributed by atoms with van der Waals surface area (Å²) in [6.07, 6.45) is 1.59. The van der Waals surface area contributed by atoms with Crippen molar-refractivity contribution in [3.05, 3.63) is 11.9 Å². The van der Waals surface area contributed by atoms with Crippen LogP contribution in [0.25, 0.3) is 0 Å². The molecule has 1 heterocycles. The number of halogens is 1. The summed E-state index contributed by atoms with van der Waals surface area (Å²) in [5.74, 6) is -1.09. The molecule has 6 nitrogen and oxygen atoms in total. The van der Waals surface area contributed by atoms with E-state index in [1.165, 1.54) is 10.9 Å². The monoisotopic (exact) mass is 202 g/mol. The van der Waals surface area contributed by atoms with Gasteiger partial charge in [-0.05, 0) is 0 Å². The van der Waals surface area contributed by atoms with Crippen LogP contribution in [0.3, 0.4) is 0 Å². The zero-order valence-corrected chi connectivity index (χ0v) is 7.43. The first kappa shape index (κ1) is 10.6. The van der Waals surface area contributed by atoms with Crippen LogP contribution >= 0.6 is 0 Å². The molecular weight excluding hydrogens is 191 g/mol. The summed E-state index contributed by atoms with van der Waals surface area (Å²) in [7, 11) is 0. The number of rotatable bonds is 5. The molecule has 0 saturated heterocycles. The molecule has 0 aliphatic heterocycles. The minimum absolute atomic E-state index is 0.0988. The van der Waals surface area contributed by atoms with Crippen molar-refractivity contribution in [2.45, 2.75) is 19.0 Å². The minimum Gasteiger partial charge on any atom is -0.480 e. The second-order valence-electron chi connectivity index (χ2n) is 2.81. The van der Waals surface area contributed by atoms with E-state index in [-0.39, 0.29) is 13.0 Å². The number of carbonyl (C=O) groups is 1. The van der Waals surface area contributed by atoms with Crippen molar-refractivity contribution in [3.8, 4) is 0 Å². The lowest BCUT2D eigenvalue weighted by Crippen LogP contribution is -2.32. The summed E-state index contributed by atoms with van der Waals surface area (Å²) in [5, 5.41) is 15.8. The Labute approximate surface area is 79.5 Å². The molecule has 0 unspecified atom stereocenters. The zero-order valence-electron chi connectivity index (χ0n) is 7.43. The number of aliphatic carboxylic acids is 1. The Morgan fingerprint density at radius 3 is 3.07 bits per heavy atom. The highest BCUT2D eigenvalue weighted by Gasteiger charge is 2.14. The van der Waals surface area contributed by atoms with Crippen LogP contribution in [0, 0.1) is 0 Å². The molecule has 14 heavy (non-hydrogen) atoms. The number of alkyl halides is 1. The molecule has 7 heteroatoms. The highest BCUT2D eigenvalue weighted by atomic mass is 19.1. The van der Waals surface area contributed by atoms with Gasteiger partial charge in [0.25, 0.3) is 0 Å². The topological polar surface area (TPSA) is 94.0 Å². The Morgan fingerprint density at radius 1 is 1.79 bits per heavy atom. The summed E-state index contributed by atoms with van der Waals surface area (Å²) in [5.41, 5.74) is 5.73. The number of hydrogen-bond acceptors (Lipinski definition) is 4. The normalized spacial score (nSPS) is 12.7. The second-order valence-corrected chi connectivity index (χ2v) is 2.81. The molecule has 78 valence electrons. The molecule has 0 fully saturated rings. The SMILES string of the molecule is N[C@H](Cc1cn(CCF)nn1)C(=O)O. The van der Waals surface area contributed by atoms with Gasteiger partial charge < -0.3 is 10.8 Å². The van der Waals surface area contributed by atoms with Gasteiger partial charge in [-0.15, -0.1) is 5.10 Å². The molecule has 0 aliphatic carbocycles. The molecule has 3 N–H and O–H groups in total. The van der Waals surface area contributed by atoms with Crippen LogP contribution in [-0.4, -0.2) is 38.8 Å². The highest BCUT2D eigenvalue weighted by Crippen LogP contribution is 1.97. The fourth-order valence-electron chi connectivity index (χ4n) is 0.941. The predicted molar refractivity (Wildman–Crippen MR) is 45.3 cm³/mol. The predicted octanol–water partition coefficient (Wildman–Crippen LogP) is -0.798. The molecule has 1 aromatic rings. The van der Waals surface area contributed by atoms with Crippen molar-refractivity contribution in [3.63, 3.8) is 0 Å². The molecule has 0 radical (unpaired) electrons. The second kappa shape index (κ2) is 4.66. The van der Waals surface area contributed by atoms with Crippen LogP contribution in [0.15, 0.2) is 6.20 Å². The molecule has 0 saturated carbocycles. The third-order valence-corrected chi connectivity index (χ3v) is 1.65. The van der Waals surface area contributed by atoms with Crippen LogP contribution in [0.1, 0.15) is 5.69 Å². The molecule has 0 spiro atoms. The van der Waals surface area contributed by atoms with Gasteiger partial charge in [0.05, 0.1) is 12.2 Å². The van der Waals surface area contributed by atoms with Crippen molar-refractivity contribution in [1.29, 1.82) is 0 Å². The fourth-order valence-corrected chi connectivity index (χ4v) is 0.941. The number of hydrogen-bond donors (Lipinski definition) is 2. The van der Waals surface area contributed by atoms with E-state index in [0.29, 0.717) is 5.69 Å². The average molecular weight is 202 g/mol. The van der Waals surface area contributed by atoms with E-state index in [0.717, 1.165) is 0 Å². The highest BCUT2D eigenvalue weighted by molar-refractivity contribution is 5.73. The summed E-state index contributed by atoms with van der Waals surface area (Å²) in [4.78, 5) is 10.4. The third kappa shape index (κ3) is 2.77. The molecule has 1 aromatic heterocycles. The maximum absolute atomic E-state index is 11.9. The van der Waals surface area contributed by atoms with Gasteiger partial charge in [-0.2, -0.15) is 0 Å². The van der Waals surface area contributed by atoms with Crippen LogP contribution in [0.2, 0.25) is 0 Å². The Morgan fingerprint density at radius 2 is 2.50 bits per heavy atom. The van der Waals surface area contributed by atoms with Crippen LogP contribution in [0.5, 0.6) is 0 Å². The first-order valence-electron chi connectivity index (χ1n) is 4.07. The van der Waals surface area contributed by atoms with Gasteiger partial charge in [0.2, 0.25) is 0 Å². The number of aryl methyl sites for hydroxylation is 1. The van der Waals surface area contributed by atoms with Gasteiger partial charge in [-0.1, -0.05) is 5.21 Å². The van der Waals surface area contributed by atoms with Gasteiger partial charge in [0.1, 0.15) is 12.7 Å². The molecule has 1 rings (SSSR count). The maximum atomic E-state index is 11.9. The van der Waals surface area contributed by atoms with Crippen LogP contribution in [-0.2, 0) is 17.8 Å². The van der Waals surface area contributed by atoms with Crippen molar-refractivity contribution >= 4 is 5.97 Å². The summed E-state index contributed by atoms with van der Waals surface area (Å²) in [6, 6.07) is -0.995. The third-order valence-electron chi connectivity index (χ3n) is 1.65. The fraction of sp³-hybridized carbons (Fsp3) is 0.571. The lowest BCUT2D eigenvalue weighted by atomic mass is 10.2. The summed E-state index contributed by atoms with van der Waals surface area (Å²) >= 11 is 0. The van der Waals surface area contributed by atoms with Crippen LogP contribution < -0.4 is 5.73 Å². The molecule has 0 bridgehead atoms. The van der Waals surface area contributed by atoms with E-state index < -0.39 is 18.7 Å². The standard InChI is InChI=1S/C7H11FN4O2/c8-1-2-12-4-5(10-11-12)3-6(9)7(13)14/h4,6H,1-3,9H2,(H,13,14)/t6-/m1/s1. The zero-order chi connectivity index (χ0) is 10.6. The van der Waals surface area contributed by atoms with Crippen molar-refractivity contribution < 1.29 is 14.3 Å². The van der Waals surface area contributed by atoms with Gasteiger partial charge in [-0.3, -0.25) is 4.79 Å². The van der Waals surface area contributed by atoms with E-state index >= 15 is 0 Å². The lowest BCUT2D eigenvalue weighted by Gasteiger charge is -2.01. The van der Waals surface area contributed by atoms with E-state index in [1.54, 1.807) is 0 Å². The van der Waals surface area contributed by atoms with E-state index in [2.05, 4.69) is 10.3 Å². The summed E-state index contributed by atoms with van der Waals surface area (Å²) in [6.45, 7) is -0.414. The van der Waals surface area contributed by atoms with Gasteiger partial charge >= 0.3 is 5.97 Å². The van der Waals surface area contributed by atoms with Gasteiger partial charge in [-0.25, -0.2) is 9.07 Å². The maximum Gasteiger partial charge on any atom is 0.320 e. The number of nitrogens with two attached hydrogens (primary N) is 1. The minimum atomic E-state index is -1.09. The Balaban J connectivity index is 2.55. The number of nitrogens with zero attached hydrogens (tertiary/aromatic N) is 3. The molecule has 0 aromatic carbocycles. The van der Waals surface area contributed by atoms with Crippen LogP contribution in [0.4, 0.5) is 4.39 Å². The van der Waals surface area contributed by atoms with Gasteiger partial charge in [0.15, 0.2) is 0 Å². The number of carboxylic acids is 1. The summed E-state index contributed by atoms with van der Waals surface area (Å²) < 4.78 is 13.2. The smallest absolute Gasteiger partial charge is 0.320 e. The Kier molecular flexibility index (Phi) is 3.52. The van der Waals surface area contributed by atoms with E-state index in [1.807, 2.05) is 0 Å². The average Bonchev–Trinajstić information content (AvgIpc) is 2.53. The molecule has 0 aliphatic rings. The number of carboxylic acid groups (broad SMARTS) is 1. The first-order chi connectivity index (χ1) is 6.63. The largest absolute Gasteiger partial charge is 0.480 e. The van der Waals surface area contributed by atoms with E-state index in [4.69, 9.17) is 10.8 Å². The van der Waals surface area contributed by atoms with Gasteiger partial charge in [0, 0.05) is 12.6 Å². The van der Waals surface area contributed by atoms with Crippen molar-refractivity contribution in [2.24, 2.45) is 5.73 Å². The molecular formula is C7H11FN4O2. The molecule has 0 amide bonds. The lowest BCUT2D eigenvalue weighted by molar-refractivity contribution is -0.138. The Bertz CT molecular complexity index is 314. The molecule has 1 atom stereocenters.